The number of piperidine rings is 1. The molecule has 0 aromatic carbocycles. The minimum absolute atomic E-state index is 0.0560. The van der Waals surface area contributed by atoms with Crippen molar-refractivity contribution < 1.29 is 19.8 Å². The van der Waals surface area contributed by atoms with Crippen LogP contribution < -0.4 is 5.32 Å². The van der Waals surface area contributed by atoms with Crippen LogP contribution in [-0.2, 0) is 16.0 Å². The summed E-state index contributed by atoms with van der Waals surface area (Å²) in [4.78, 5) is 25.3. The van der Waals surface area contributed by atoms with Crippen molar-refractivity contribution in [1.82, 2.24) is 15.1 Å². The van der Waals surface area contributed by atoms with Gasteiger partial charge in [0.1, 0.15) is 0 Å². The first-order valence-corrected chi connectivity index (χ1v) is 8.27. The number of likely N-dealkylation sites (tertiary alicyclic amines) is 1. The standard InChI is InChI=1S/C14H18N4O4S/c19-11-8-15-12-10(23-11)7-9(16-17-12)1-4-18-5-2-14(22,3-6-18)13(20)21/h7,22H,1-6,8H2,(H,15,17)(H,20,21). The van der Waals surface area contributed by atoms with Crippen LogP contribution in [0.25, 0.3) is 0 Å². The number of aromatic nitrogens is 2. The Hall–Kier alpha value is -1.71. The van der Waals surface area contributed by atoms with Crippen molar-refractivity contribution in [3.8, 4) is 0 Å². The number of aliphatic carboxylic acids is 1. The number of fused-ring (bicyclic) bond motifs is 1. The van der Waals surface area contributed by atoms with E-state index in [9.17, 15) is 14.7 Å². The lowest BCUT2D eigenvalue weighted by atomic mass is 9.91. The summed E-state index contributed by atoms with van der Waals surface area (Å²) in [5.74, 6) is -0.505. The number of rotatable bonds is 4. The Morgan fingerprint density at radius 1 is 1.39 bits per heavy atom. The highest BCUT2D eigenvalue weighted by Crippen LogP contribution is 2.30. The van der Waals surface area contributed by atoms with Crippen LogP contribution in [0.15, 0.2) is 11.0 Å². The molecule has 0 spiro atoms. The maximum absolute atomic E-state index is 11.4. The normalized spacial score (nSPS) is 20.7. The Morgan fingerprint density at radius 3 is 2.83 bits per heavy atom. The van der Waals surface area contributed by atoms with Crippen LogP contribution in [0.4, 0.5) is 5.82 Å². The van der Waals surface area contributed by atoms with Gasteiger partial charge in [-0.15, -0.1) is 5.10 Å². The first kappa shape index (κ1) is 16.2. The summed E-state index contributed by atoms with van der Waals surface area (Å²) in [6, 6.07) is 1.87. The number of nitrogens with zero attached hydrogens (tertiary/aromatic N) is 3. The van der Waals surface area contributed by atoms with E-state index in [0.717, 1.165) is 17.1 Å². The number of hydrogen-bond acceptors (Lipinski definition) is 8. The molecule has 9 heteroatoms. The van der Waals surface area contributed by atoms with Crippen LogP contribution in [-0.4, -0.2) is 68.2 Å². The zero-order valence-corrected chi connectivity index (χ0v) is 13.3. The number of hydrogen-bond donors (Lipinski definition) is 3. The summed E-state index contributed by atoms with van der Waals surface area (Å²) in [5, 5.41) is 30.1. The van der Waals surface area contributed by atoms with Crippen molar-refractivity contribution in [3.63, 3.8) is 0 Å². The number of aliphatic hydroxyl groups is 1. The molecule has 2 aliphatic rings. The smallest absolute Gasteiger partial charge is 0.335 e. The molecule has 3 rings (SSSR count). The third-order valence-corrected chi connectivity index (χ3v) is 5.10. The van der Waals surface area contributed by atoms with E-state index in [-0.39, 0.29) is 24.5 Å². The number of carbonyl (C=O) groups is 2. The Morgan fingerprint density at radius 2 is 2.13 bits per heavy atom. The topological polar surface area (TPSA) is 116 Å². The quantitative estimate of drug-likeness (QED) is 0.696. The highest BCUT2D eigenvalue weighted by Gasteiger charge is 2.39. The number of carboxylic acid groups (broad SMARTS) is 1. The van der Waals surface area contributed by atoms with Gasteiger partial charge in [-0.25, -0.2) is 4.79 Å². The molecular weight excluding hydrogens is 320 g/mol. The Balaban J connectivity index is 1.55. The van der Waals surface area contributed by atoms with Crippen molar-refractivity contribution in [2.45, 2.75) is 29.8 Å². The second-order valence-corrected chi connectivity index (χ2v) is 6.90. The van der Waals surface area contributed by atoms with Gasteiger partial charge in [0.05, 0.1) is 17.1 Å². The van der Waals surface area contributed by atoms with Gasteiger partial charge < -0.3 is 20.4 Å². The summed E-state index contributed by atoms with van der Waals surface area (Å²) in [5.41, 5.74) is -0.794. The third kappa shape index (κ3) is 3.62. The zero-order chi connectivity index (χ0) is 16.4. The molecule has 0 aliphatic carbocycles. The van der Waals surface area contributed by atoms with Crippen molar-refractivity contribution in [3.05, 3.63) is 11.8 Å². The van der Waals surface area contributed by atoms with Crippen molar-refractivity contribution in [2.24, 2.45) is 0 Å². The highest BCUT2D eigenvalue weighted by molar-refractivity contribution is 8.14. The lowest BCUT2D eigenvalue weighted by Gasteiger charge is -2.35. The van der Waals surface area contributed by atoms with E-state index >= 15 is 0 Å². The SMILES string of the molecule is O=C1CNc2nnc(CCN3CCC(O)(C(=O)O)CC3)cc2S1. The first-order valence-electron chi connectivity index (χ1n) is 7.45. The molecule has 1 aromatic heterocycles. The molecule has 0 bridgehead atoms. The summed E-state index contributed by atoms with van der Waals surface area (Å²) in [7, 11) is 0. The first-order chi connectivity index (χ1) is 11.0. The van der Waals surface area contributed by atoms with Crippen molar-refractivity contribution in [1.29, 1.82) is 0 Å². The van der Waals surface area contributed by atoms with Crippen LogP contribution in [0.3, 0.4) is 0 Å². The van der Waals surface area contributed by atoms with Crippen LogP contribution >= 0.6 is 11.8 Å². The molecule has 124 valence electrons. The third-order valence-electron chi connectivity index (χ3n) is 4.20. The summed E-state index contributed by atoms with van der Waals surface area (Å²) >= 11 is 1.17. The van der Waals surface area contributed by atoms with E-state index in [4.69, 9.17) is 5.11 Å². The van der Waals surface area contributed by atoms with Crippen LogP contribution in [0.1, 0.15) is 18.5 Å². The van der Waals surface area contributed by atoms with E-state index in [1.54, 1.807) is 0 Å². The Bertz CT molecular complexity index is 631. The van der Waals surface area contributed by atoms with Gasteiger partial charge in [-0.2, -0.15) is 5.10 Å². The minimum Gasteiger partial charge on any atom is -0.479 e. The number of carbonyl (C=O) groups excluding carboxylic acids is 1. The zero-order valence-electron chi connectivity index (χ0n) is 12.5. The second kappa shape index (κ2) is 6.42. The predicted octanol–water partition coefficient (Wildman–Crippen LogP) is -0.0252. The van der Waals surface area contributed by atoms with Gasteiger partial charge in [-0.05, 0) is 30.7 Å². The van der Waals surface area contributed by atoms with Gasteiger partial charge in [0.15, 0.2) is 11.4 Å². The molecule has 0 saturated carbocycles. The maximum atomic E-state index is 11.4. The molecule has 2 aliphatic heterocycles. The molecule has 3 N–H and O–H groups in total. The molecule has 3 heterocycles. The average molecular weight is 338 g/mol. The Labute approximate surface area is 137 Å². The second-order valence-electron chi connectivity index (χ2n) is 5.80. The summed E-state index contributed by atoms with van der Waals surface area (Å²) < 4.78 is 0. The molecule has 8 nitrogen and oxygen atoms in total. The van der Waals surface area contributed by atoms with Crippen molar-refractivity contribution >= 4 is 28.7 Å². The van der Waals surface area contributed by atoms with Gasteiger partial charge in [0.25, 0.3) is 0 Å². The fourth-order valence-corrected chi connectivity index (χ4v) is 3.48. The summed E-state index contributed by atoms with van der Waals surface area (Å²) in [6.07, 6.45) is 1.12. The molecule has 23 heavy (non-hydrogen) atoms. The van der Waals surface area contributed by atoms with E-state index in [0.29, 0.717) is 25.3 Å². The molecule has 0 radical (unpaired) electrons. The largest absolute Gasteiger partial charge is 0.479 e. The van der Waals surface area contributed by atoms with Gasteiger partial charge in [0, 0.05) is 26.1 Å². The fourth-order valence-electron chi connectivity index (χ4n) is 2.68. The van der Waals surface area contributed by atoms with E-state index < -0.39 is 11.6 Å². The monoisotopic (exact) mass is 338 g/mol. The van der Waals surface area contributed by atoms with E-state index in [2.05, 4.69) is 20.4 Å². The molecule has 1 aromatic rings. The number of nitrogens with one attached hydrogen (secondary N) is 1. The van der Waals surface area contributed by atoms with E-state index in [1.165, 1.54) is 11.8 Å². The molecule has 0 amide bonds. The van der Waals surface area contributed by atoms with Crippen molar-refractivity contribution in [2.75, 3.05) is 31.5 Å². The number of thioether (sulfide) groups is 1. The van der Waals surface area contributed by atoms with Gasteiger partial charge in [-0.1, -0.05) is 0 Å². The van der Waals surface area contributed by atoms with Gasteiger partial charge in [-0.3, -0.25) is 4.79 Å². The van der Waals surface area contributed by atoms with Gasteiger partial charge >= 0.3 is 5.97 Å². The lowest BCUT2D eigenvalue weighted by Crippen LogP contribution is -2.49. The molecular formula is C14H18N4O4S. The molecule has 1 fully saturated rings. The fraction of sp³-hybridized carbons (Fsp3) is 0.571. The average Bonchev–Trinajstić information content (AvgIpc) is 2.54. The van der Waals surface area contributed by atoms with Crippen LogP contribution in [0, 0.1) is 0 Å². The molecule has 1 saturated heterocycles. The Kier molecular flexibility index (Phi) is 4.51. The lowest BCUT2D eigenvalue weighted by molar-refractivity contribution is -0.163. The molecule has 0 atom stereocenters. The molecule has 0 unspecified atom stereocenters. The van der Waals surface area contributed by atoms with Crippen LogP contribution in [0.5, 0.6) is 0 Å². The number of anilines is 1. The minimum atomic E-state index is -1.59. The van der Waals surface area contributed by atoms with E-state index in [1.807, 2.05) is 6.07 Å². The van der Waals surface area contributed by atoms with Gasteiger partial charge in [0.2, 0.25) is 5.12 Å². The number of carboxylic acids is 1. The van der Waals surface area contributed by atoms with Crippen LogP contribution in [0.2, 0.25) is 0 Å². The maximum Gasteiger partial charge on any atom is 0.335 e. The summed E-state index contributed by atoms with van der Waals surface area (Å²) in [6.45, 7) is 2.06. The highest BCUT2D eigenvalue weighted by atomic mass is 32.2. The predicted molar refractivity (Wildman–Crippen MR) is 83.3 cm³/mol.